The largest absolute Gasteiger partial charge is 0.485 e. The molecule has 2 N–H and O–H groups in total. The van der Waals surface area contributed by atoms with Gasteiger partial charge in [-0.25, -0.2) is 0 Å². The Kier molecular flexibility index (Phi) is 4.84. The summed E-state index contributed by atoms with van der Waals surface area (Å²) in [6, 6.07) is 7.52. The van der Waals surface area contributed by atoms with Crippen LogP contribution in [0.4, 0.5) is 0 Å². The number of hydrogen-bond acceptors (Lipinski definition) is 4. The summed E-state index contributed by atoms with van der Waals surface area (Å²) in [5.74, 6) is 1.28. The van der Waals surface area contributed by atoms with E-state index in [1.807, 2.05) is 38.1 Å². The fourth-order valence-electron chi connectivity index (χ4n) is 2.21. The maximum absolute atomic E-state index is 12.5. The second kappa shape index (κ2) is 6.61. The molecule has 5 heteroatoms. The molecule has 2 rings (SSSR count). The number of carbonyl (C=O) groups excluding carboxylic acids is 1. The molecule has 0 bridgehead atoms. The summed E-state index contributed by atoms with van der Waals surface area (Å²) in [4.78, 5) is 14.3. The van der Waals surface area contributed by atoms with Crippen molar-refractivity contribution in [1.82, 2.24) is 4.90 Å². The number of nitrogens with zero attached hydrogens (tertiary/aromatic N) is 1. The van der Waals surface area contributed by atoms with Crippen LogP contribution in [0.1, 0.15) is 20.3 Å². The van der Waals surface area contributed by atoms with E-state index in [9.17, 15) is 4.79 Å². The highest BCUT2D eigenvalue weighted by Crippen LogP contribution is 2.31. The van der Waals surface area contributed by atoms with Crippen molar-refractivity contribution in [3.05, 3.63) is 24.3 Å². The molecule has 0 saturated carbocycles. The minimum Gasteiger partial charge on any atom is -0.485 e. The maximum Gasteiger partial charge on any atom is 0.267 e. The summed E-state index contributed by atoms with van der Waals surface area (Å²) in [6.07, 6.45) is 0.207. The third kappa shape index (κ3) is 3.22. The lowest BCUT2D eigenvalue weighted by molar-refractivity contribution is -0.143. The van der Waals surface area contributed by atoms with Crippen LogP contribution in [-0.4, -0.2) is 42.6 Å². The molecule has 0 fully saturated rings. The number of hydrogen-bond donors (Lipinski definition) is 1. The molecule has 1 aliphatic rings. The topological polar surface area (TPSA) is 64.8 Å². The molecule has 1 unspecified atom stereocenters. The van der Waals surface area contributed by atoms with Gasteiger partial charge in [0.2, 0.25) is 6.10 Å². The highest BCUT2D eigenvalue weighted by molar-refractivity contribution is 5.82. The number of benzene rings is 1. The second-order valence-corrected chi connectivity index (χ2v) is 5.13. The van der Waals surface area contributed by atoms with Gasteiger partial charge in [0.05, 0.1) is 0 Å². The van der Waals surface area contributed by atoms with Gasteiger partial charge in [0.15, 0.2) is 11.5 Å². The predicted molar refractivity (Wildman–Crippen MR) is 76.9 cm³/mol. The summed E-state index contributed by atoms with van der Waals surface area (Å²) in [5.41, 5.74) is 5.52. The zero-order chi connectivity index (χ0) is 14.5. The Bertz CT molecular complexity index is 462. The van der Waals surface area contributed by atoms with Crippen LogP contribution in [0.25, 0.3) is 0 Å². The molecule has 0 saturated heterocycles. The zero-order valence-corrected chi connectivity index (χ0v) is 12.0. The SMILES string of the molecule is CC(C)N(CCCN)C(=O)C1COc2ccccc2O1. The third-order valence-corrected chi connectivity index (χ3v) is 3.29. The molecule has 1 aromatic carbocycles. The Morgan fingerprint density at radius 2 is 2.10 bits per heavy atom. The van der Waals surface area contributed by atoms with Crippen molar-refractivity contribution in [3.63, 3.8) is 0 Å². The summed E-state index contributed by atoms with van der Waals surface area (Å²) in [7, 11) is 0. The summed E-state index contributed by atoms with van der Waals surface area (Å²) in [6.45, 7) is 5.45. The van der Waals surface area contributed by atoms with Crippen molar-refractivity contribution in [2.45, 2.75) is 32.4 Å². The van der Waals surface area contributed by atoms with Crippen molar-refractivity contribution < 1.29 is 14.3 Å². The predicted octanol–water partition coefficient (Wildman–Crippen LogP) is 1.41. The summed E-state index contributed by atoms with van der Waals surface area (Å²) in [5, 5.41) is 0. The fraction of sp³-hybridized carbons (Fsp3) is 0.533. The standard InChI is InChI=1S/C15H22N2O3/c1-11(2)17(9-5-8-16)15(18)14-10-19-12-6-3-4-7-13(12)20-14/h3-4,6-7,11,14H,5,8-10,16H2,1-2H3. The molecule has 110 valence electrons. The molecule has 1 atom stereocenters. The molecule has 5 nitrogen and oxygen atoms in total. The normalized spacial score (nSPS) is 17.1. The summed E-state index contributed by atoms with van der Waals surface area (Å²) < 4.78 is 11.4. The van der Waals surface area contributed by atoms with E-state index in [-0.39, 0.29) is 18.6 Å². The number of nitrogens with two attached hydrogens (primary N) is 1. The van der Waals surface area contributed by atoms with Gasteiger partial charge in [-0.3, -0.25) is 4.79 Å². The van der Waals surface area contributed by atoms with Gasteiger partial charge < -0.3 is 20.1 Å². The van der Waals surface area contributed by atoms with E-state index in [1.165, 1.54) is 0 Å². The minimum absolute atomic E-state index is 0.0389. The molecule has 0 aromatic heterocycles. The van der Waals surface area contributed by atoms with Crippen molar-refractivity contribution in [2.24, 2.45) is 5.73 Å². The number of para-hydroxylation sites is 2. The van der Waals surface area contributed by atoms with E-state index in [0.29, 0.717) is 24.6 Å². The van der Waals surface area contributed by atoms with E-state index >= 15 is 0 Å². The monoisotopic (exact) mass is 278 g/mol. The second-order valence-electron chi connectivity index (χ2n) is 5.13. The van der Waals surface area contributed by atoms with Gasteiger partial charge >= 0.3 is 0 Å². The Hall–Kier alpha value is -1.75. The van der Waals surface area contributed by atoms with Crippen molar-refractivity contribution in [3.8, 4) is 11.5 Å². The lowest BCUT2D eigenvalue weighted by atomic mass is 10.2. The van der Waals surface area contributed by atoms with Crippen LogP contribution < -0.4 is 15.2 Å². The van der Waals surface area contributed by atoms with Gasteiger partial charge in [-0.15, -0.1) is 0 Å². The van der Waals surface area contributed by atoms with Crippen molar-refractivity contribution in [1.29, 1.82) is 0 Å². The quantitative estimate of drug-likeness (QED) is 0.884. The van der Waals surface area contributed by atoms with Crippen LogP contribution in [0.15, 0.2) is 24.3 Å². The number of ether oxygens (including phenoxy) is 2. The Balaban J connectivity index is 2.06. The van der Waals surface area contributed by atoms with E-state index in [0.717, 1.165) is 6.42 Å². The first-order valence-corrected chi connectivity index (χ1v) is 7.02. The van der Waals surface area contributed by atoms with E-state index in [4.69, 9.17) is 15.2 Å². The minimum atomic E-state index is -0.579. The maximum atomic E-state index is 12.5. The van der Waals surface area contributed by atoms with Crippen LogP contribution in [0, 0.1) is 0 Å². The number of rotatable bonds is 5. The van der Waals surface area contributed by atoms with Crippen molar-refractivity contribution >= 4 is 5.91 Å². The molecule has 0 radical (unpaired) electrons. The molecule has 20 heavy (non-hydrogen) atoms. The number of amides is 1. The first-order chi connectivity index (χ1) is 9.63. The highest BCUT2D eigenvalue weighted by atomic mass is 16.6. The van der Waals surface area contributed by atoms with Gasteiger partial charge in [0, 0.05) is 12.6 Å². The van der Waals surface area contributed by atoms with E-state index in [2.05, 4.69) is 0 Å². The highest BCUT2D eigenvalue weighted by Gasteiger charge is 2.31. The third-order valence-electron chi connectivity index (χ3n) is 3.29. The van der Waals surface area contributed by atoms with Crippen LogP contribution >= 0.6 is 0 Å². The summed E-state index contributed by atoms with van der Waals surface area (Å²) >= 11 is 0. The first-order valence-electron chi connectivity index (χ1n) is 7.02. The molecule has 0 aliphatic carbocycles. The van der Waals surface area contributed by atoms with Crippen LogP contribution in [-0.2, 0) is 4.79 Å². The van der Waals surface area contributed by atoms with E-state index < -0.39 is 6.10 Å². The van der Waals surface area contributed by atoms with Gasteiger partial charge in [0.1, 0.15) is 6.61 Å². The molecular formula is C15H22N2O3. The van der Waals surface area contributed by atoms with Crippen LogP contribution in [0.2, 0.25) is 0 Å². The fourth-order valence-corrected chi connectivity index (χ4v) is 2.21. The molecule has 1 heterocycles. The average molecular weight is 278 g/mol. The number of carbonyl (C=O) groups is 1. The van der Waals surface area contributed by atoms with Gasteiger partial charge in [-0.05, 0) is 38.9 Å². The van der Waals surface area contributed by atoms with Gasteiger partial charge in [0.25, 0.3) is 5.91 Å². The zero-order valence-electron chi connectivity index (χ0n) is 12.0. The first kappa shape index (κ1) is 14.7. The lowest BCUT2D eigenvalue weighted by Gasteiger charge is -2.33. The smallest absolute Gasteiger partial charge is 0.267 e. The Morgan fingerprint density at radius 3 is 2.75 bits per heavy atom. The van der Waals surface area contributed by atoms with E-state index in [1.54, 1.807) is 4.90 Å². The van der Waals surface area contributed by atoms with Crippen LogP contribution in [0.3, 0.4) is 0 Å². The molecule has 1 aliphatic heterocycles. The Labute approximate surface area is 119 Å². The van der Waals surface area contributed by atoms with Crippen LogP contribution in [0.5, 0.6) is 11.5 Å². The van der Waals surface area contributed by atoms with Gasteiger partial charge in [-0.2, -0.15) is 0 Å². The van der Waals surface area contributed by atoms with Gasteiger partial charge in [-0.1, -0.05) is 12.1 Å². The average Bonchev–Trinajstić information content (AvgIpc) is 2.46. The number of fused-ring (bicyclic) bond motifs is 1. The molecular weight excluding hydrogens is 256 g/mol. The molecule has 0 spiro atoms. The molecule has 1 amide bonds. The Morgan fingerprint density at radius 1 is 1.40 bits per heavy atom. The van der Waals surface area contributed by atoms with Crippen molar-refractivity contribution in [2.75, 3.05) is 19.7 Å². The lowest BCUT2D eigenvalue weighted by Crippen LogP contribution is -2.49. The molecule has 1 aromatic rings.